The third-order valence-corrected chi connectivity index (χ3v) is 5.06. The van der Waals surface area contributed by atoms with Crippen molar-refractivity contribution in [2.24, 2.45) is 11.8 Å². The van der Waals surface area contributed by atoms with Gasteiger partial charge in [0, 0.05) is 17.9 Å². The Kier molecular flexibility index (Phi) is 3.89. The van der Waals surface area contributed by atoms with Gasteiger partial charge in [0.1, 0.15) is 5.82 Å². The van der Waals surface area contributed by atoms with E-state index in [2.05, 4.69) is 5.32 Å². The van der Waals surface area contributed by atoms with Gasteiger partial charge in [0.2, 0.25) is 5.91 Å². The molecular weight excluding hydrogens is 285 g/mol. The fourth-order valence-electron chi connectivity index (χ4n) is 3.37. The number of carboxylic acid groups (broad SMARTS) is 1. The molecule has 0 bridgehead atoms. The zero-order chi connectivity index (χ0) is 15.7. The van der Waals surface area contributed by atoms with Gasteiger partial charge in [0.15, 0.2) is 0 Å². The number of hydrogen-bond donors (Lipinski definition) is 2. The Labute approximate surface area is 128 Å². The van der Waals surface area contributed by atoms with Gasteiger partial charge in [0.05, 0.1) is 5.92 Å². The summed E-state index contributed by atoms with van der Waals surface area (Å²) >= 11 is 0. The Bertz CT molecular complexity index is 580. The summed E-state index contributed by atoms with van der Waals surface area (Å²) in [7, 11) is 0. The van der Waals surface area contributed by atoms with Crippen LogP contribution in [0.3, 0.4) is 0 Å². The molecule has 2 saturated carbocycles. The van der Waals surface area contributed by atoms with Gasteiger partial charge in [-0.3, -0.25) is 9.59 Å². The van der Waals surface area contributed by atoms with Gasteiger partial charge in [0.25, 0.3) is 0 Å². The first-order valence-corrected chi connectivity index (χ1v) is 7.77. The van der Waals surface area contributed by atoms with Crippen LogP contribution in [0.1, 0.15) is 37.7 Å². The van der Waals surface area contributed by atoms with Gasteiger partial charge in [-0.2, -0.15) is 0 Å². The highest BCUT2D eigenvalue weighted by molar-refractivity contribution is 5.81. The van der Waals surface area contributed by atoms with Crippen molar-refractivity contribution < 1.29 is 19.1 Å². The molecule has 2 aliphatic carbocycles. The molecular formula is C17H20FNO3. The summed E-state index contributed by atoms with van der Waals surface area (Å²) in [5.41, 5.74) is 0.998. The quantitative estimate of drug-likeness (QED) is 0.878. The molecule has 1 aromatic rings. The van der Waals surface area contributed by atoms with E-state index in [1.165, 1.54) is 12.1 Å². The summed E-state index contributed by atoms with van der Waals surface area (Å²) in [6.45, 7) is 0.547. The fraction of sp³-hybridized carbons (Fsp3) is 0.529. The second-order valence-corrected chi connectivity index (χ2v) is 6.55. The maximum Gasteiger partial charge on any atom is 0.306 e. The summed E-state index contributed by atoms with van der Waals surface area (Å²) < 4.78 is 13.0. The van der Waals surface area contributed by atoms with Crippen molar-refractivity contribution in [3.05, 3.63) is 35.6 Å². The van der Waals surface area contributed by atoms with E-state index in [-0.39, 0.29) is 29.0 Å². The normalized spacial score (nSPS) is 25.7. The van der Waals surface area contributed by atoms with Crippen molar-refractivity contribution in [3.8, 4) is 0 Å². The molecule has 0 aliphatic heterocycles. The van der Waals surface area contributed by atoms with Crippen LogP contribution in [0.2, 0.25) is 0 Å². The smallest absolute Gasteiger partial charge is 0.306 e. The molecule has 2 atom stereocenters. The molecule has 1 amide bonds. The Morgan fingerprint density at radius 2 is 1.82 bits per heavy atom. The van der Waals surface area contributed by atoms with E-state index >= 15 is 0 Å². The van der Waals surface area contributed by atoms with Crippen molar-refractivity contribution in [1.29, 1.82) is 0 Å². The molecule has 3 rings (SSSR count). The Morgan fingerprint density at radius 1 is 1.18 bits per heavy atom. The number of carboxylic acids is 1. The molecule has 118 valence electrons. The van der Waals surface area contributed by atoms with E-state index in [4.69, 9.17) is 5.11 Å². The van der Waals surface area contributed by atoms with Crippen molar-refractivity contribution >= 4 is 11.9 Å². The van der Waals surface area contributed by atoms with Gasteiger partial charge >= 0.3 is 5.97 Å². The average molecular weight is 305 g/mol. The van der Waals surface area contributed by atoms with Crippen LogP contribution >= 0.6 is 0 Å². The number of rotatable bonds is 5. The number of aliphatic carboxylic acids is 1. The fourth-order valence-corrected chi connectivity index (χ4v) is 3.37. The first-order chi connectivity index (χ1) is 10.5. The minimum absolute atomic E-state index is 0.0443. The zero-order valence-corrected chi connectivity index (χ0v) is 12.3. The first kappa shape index (κ1) is 15.0. The molecule has 2 fully saturated rings. The second kappa shape index (κ2) is 5.71. The summed E-state index contributed by atoms with van der Waals surface area (Å²) in [5.74, 6) is -1.68. The Hall–Kier alpha value is -1.91. The van der Waals surface area contributed by atoms with E-state index in [1.807, 2.05) is 0 Å². The SMILES string of the molecule is O=C(O)[C@@H]1CC[C@H](C(=O)NCC2(c3ccc(F)cc3)CC2)C1. The number of amides is 1. The minimum atomic E-state index is -0.805. The van der Waals surface area contributed by atoms with Gasteiger partial charge in [-0.15, -0.1) is 0 Å². The van der Waals surface area contributed by atoms with Crippen LogP contribution in [0.4, 0.5) is 4.39 Å². The number of benzene rings is 1. The number of halogens is 1. The molecule has 5 heteroatoms. The summed E-state index contributed by atoms with van der Waals surface area (Å²) in [4.78, 5) is 23.2. The van der Waals surface area contributed by atoms with Gasteiger partial charge in [-0.1, -0.05) is 12.1 Å². The predicted octanol–water partition coefficient (Wildman–Crippen LogP) is 2.47. The van der Waals surface area contributed by atoms with Crippen molar-refractivity contribution in [1.82, 2.24) is 5.32 Å². The largest absolute Gasteiger partial charge is 0.481 e. The highest BCUT2D eigenvalue weighted by Gasteiger charge is 2.45. The number of carbonyl (C=O) groups is 2. The molecule has 22 heavy (non-hydrogen) atoms. The monoisotopic (exact) mass is 305 g/mol. The lowest BCUT2D eigenvalue weighted by Gasteiger charge is -2.18. The number of carbonyl (C=O) groups excluding carboxylic acids is 1. The van der Waals surface area contributed by atoms with E-state index in [0.29, 0.717) is 25.8 Å². The second-order valence-electron chi connectivity index (χ2n) is 6.55. The van der Waals surface area contributed by atoms with Gasteiger partial charge in [-0.05, 0) is 49.8 Å². The molecule has 2 aliphatic rings. The summed E-state index contributed by atoms with van der Waals surface area (Å²) in [6.07, 6.45) is 3.64. The first-order valence-electron chi connectivity index (χ1n) is 7.77. The van der Waals surface area contributed by atoms with Crippen LogP contribution in [0.5, 0.6) is 0 Å². The highest BCUT2D eigenvalue weighted by atomic mass is 19.1. The Morgan fingerprint density at radius 3 is 2.36 bits per heavy atom. The maximum absolute atomic E-state index is 13.0. The summed E-state index contributed by atoms with van der Waals surface area (Å²) in [5, 5.41) is 12.0. The predicted molar refractivity (Wildman–Crippen MR) is 78.8 cm³/mol. The molecule has 1 aromatic carbocycles. The number of nitrogens with one attached hydrogen (secondary N) is 1. The van der Waals surface area contributed by atoms with E-state index in [9.17, 15) is 14.0 Å². The lowest BCUT2D eigenvalue weighted by atomic mass is 9.95. The van der Waals surface area contributed by atoms with Crippen molar-refractivity contribution in [2.75, 3.05) is 6.54 Å². The van der Waals surface area contributed by atoms with Crippen molar-refractivity contribution in [3.63, 3.8) is 0 Å². The summed E-state index contributed by atoms with van der Waals surface area (Å²) in [6, 6.07) is 6.46. The van der Waals surface area contributed by atoms with Crippen LogP contribution < -0.4 is 5.32 Å². The topological polar surface area (TPSA) is 66.4 Å². The molecule has 0 heterocycles. The van der Waals surface area contributed by atoms with Crippen LogP contribution in [-0.4, -0.2) is 23.5 Å². The van der Waals surface area contributed by atoms with Crippen LogP contribution in [-0.2, 0) is 15.0 Å². The zero-order valence-electron chi connectivity index (χ0n) is 12.3. The van der Waals surface area contributed by atoms with Crippen LogP contribution in [0.15, 0.2) is 24.3 Å². The Balaban J connectivity index is 1.55. The van der Waals surface area contributed by atoms with E-state index in [1.54, 1.807) is 12.1 Å². The molecule has 0 radical (unpaired) electrons. The number of hydrogen-bond acceptors (Lipinski definition) is 2. The molecule has 0 unspecified atom stereocenters. The highest BCUT2D eigenvalue weighted by Crippen LogP contribution is 2.47. The maximum atomic E-state index is 13.0. The minimum Gasteiger partial charge on any atom is -0.481 e. The standard InChI is InChI=1S/C17H20FNO3/c18-14-5-3-13(4-6-14)17(7-8-17)10-19-15(20)11-1-2-12(9-11)16(21)22/h3-6,11-12H,1-2,7-10H2,(H,19,20)(H,21,22)/t11-,12+/m0/s1. The van der Waals surface area contributed by atoms with Crippen molar-refractivity contribution in [2.45, 2.75) is 37.5 Å². The van der Waals surface area contributed by atoms with Gasteiger partial charge in [-0.25, -0.2) is 4.39 Å². The lowest BCUT2D eigenvalue weighted by Crippen LogP contribution is -2.36. The average Bonchev–Trinajstić information content (AvgIpc) is 3.11. The molecule has 2 N–H and O–H groups in total. The third-order valence-electron chi connectivity index (χ3n) is 5.06. The molecule has 0 aromatic heterocycles. The van der Waals surface area contributed by atoms with Crippen LogP contribution in [0, 0.1) is 17.7 Å². The molecule has 4 nitrogen and oxygen atoms in total. The molecule has 0 spiro atoms. The van der Waals surface area contributed by atoms with Crippen LogP contribution in [0.25, 0.3) is 0 Å². The third kappa shape index (κ3) is 2.98. The lowest BCUT2D eigenvalue weighted by molar-refractivity contribution is -0.141. The molecule has 0 saturated heterocycles. The van der Waals surface area contributed by atoms with E-state index < -0.39 is 5.97 Å². The van der Waals surface area contributed by atoms with E-state index in [0.717, 1.165) is 18.4 Å². The van der Waals surface area contributed by atoms with Gasteiger partial charge < -0.3 is 10.4 Å².